The van der Waals surface area contributed by atoms with Gasteiger partial charge >= 0.3 is 0 Å². The number of aliphatic hydroxyl groups is 1. The van der Waals surface area contributed by atoms with E-state index in [2.05, 4.69) is 9.97 Å². The van der Waals surface area contributed by atoms with Crippen LogP contribution in [0.1, 0.15) is 29.3 Å². The fourth-order valence-electron chi connectivity index (χ4n) is 3.67. The van der Waals surface area contributed by atoms with Gasteiger partial charge in [-0.15, -0.1) is 0 Å². The summed E-state index contributed by atoms with van der Waals surface area (Å²) >= 11 is 0. The molecule has 0 saturated heterocycles. The highest BCUT2D eigenvalue weighted by molar-refractivity contribution is 6.08. The van der Waals surface area contributed by atoms with Gasteiger partial charge in [0.15, 0.2) is 11.5 Å². The molecule has 4 rings (SSSR count). The second-order valence-corrected chi connectivity index (χ2v) is 7.12. The van der Waals surface area contributed by atoms with Crippen molar-refractivity contribution in [3.63, 3.8) is 0 Å². The highest BCUT2D eigenvalue weighted by Crippen LogP contribution is 2.38. The number of aliphatic hydroxyl groups excluding tert-OH is 1. The first-order valence-electron chi connectivity index (χ1n) is 9.76. The standard InChI is InChI=1S/C24H21N3O3/c28-20(10-9-17-6-2-1-3-7-17)21-22(19-8-4-5-13-26-19)27(24(30)23(21)29)16-18-11-14-25-15-12-18/h1-8,11-15,22,29H,9-10,16H2. The topological polar surface area (TPSA) is 83.4 Å². The van der Waals surface area contributed by atoms with Crippen LogP contribution < -0.4 is 0 Å². The van der Waals surface area contributed by atoms with Gasteiger partial charge in [0, 0.05) is 31.6 Å². The highest BCUT2D eigenvalue weighted by atomic mass is 16.3. The Kier molecular flexibility index (Phi) is 5.66. The molecule has 150 valence electrons. The van der Waals surface area contributed by atoms with E-state index in [4.69, 9.17) is 0 Å². The Balaban J connectivity index is 1.64. The van der Waals surface area contributed by atoms with Crippen molar-refractivity contribution >= 4 is 11.7 Å². The molecule has 0 spiro atoms. The first kappa shape index (κ1) is 19.5. The van der Waals surface area contributed by atoms with Gasteiger partial charge in [0.2, 0.25) is 0 Å². The lowest BCUT2D eigenvalue weighted by Crippen LogP contribution is -2.31. The summed E-state index contributed by atoms with van der Waals surface area (Å²) in [6.07, 6.45) is 5.63. The Morgan fingerprint density at radius 3 is 2.37 bits per heavy atom. The maximum absolute atomic E-state index is 13.1. The first-order valence-corrected chi connectivity index (χ1v) is 9.76. The van der Waals surface area contributed by atoms with Crippen LogP contribution in [0.25, 0.3) is 0 Å². The van der Waals surface area contributed by atoms with Crippen LogP contribution in [-0.4, -0.2) is 31.7 Å². The van der Waals surface area contributed by atoms with Crippen molar-refractivity contribution < 1.29 is 14.7 Å². The summed E-state index contributed by atoms with van der Waals surface area (Å²) in [5.74, 6) is -1.30. The van der Waals surface area contributed by atoms with Gasteiger partial charge in [-0.3, -0.25) is 19.6 Å². The number of ketones is 1. The number of aryl methyl sites for hydroxylation is 1. The van der Waals surface area contributed by atoms with Crippen molar-refractivity contribution in [1.82, 2.24) is 14.9 Å². The lowest BCUT2D eigenvalue weighted by molar-refractivity contribution is -0.130. The van der Waals surface area contributed by atoms with Crippen LogP contribution in [0.5, 0.6) is 0 Å². The van der Waals surface area contributed by atoms with Crippen LogP contribution in [0.2, 0.25) is 0 Å². The van der Waals surface area contributed by atoms with Gasteiger partial charge in [-0.2, -0.15) is 0 Å². The summed E-state index contributed by atoms with van der Waals surface area (Å²) in [5.41, 5.74) is 2.54. The van der Waals surface area contributed by atoms with Gasteiger partial charge in [-0.05, 0) is 41.8 Å². The second kappa shape index (κ2) is 8.69. The van der Waals surface area contributed by atoms with Crippen molar-refractivity contribution in [2.45, 2.75) is 25.4 Å². The zero-order valence-electron chi connectivity index (χ0n) is 16.3. The Morgan fingerprint density at radius 2 is 1.67 bits per heavy atom. The van der Waals surface area contributed by atoms with E-state index in [1.54, 1.807) is 48.9 Å². The quantitative estimate of drug-likeness (QED) is 0.657. The molecule has 1 atom stereocenters. The smallest absolute Gasteiger partial charge is 0.290 e. The third-order valence-electron chi connectivity index (χ3n) is 5.16. The van der Waals surface area contributed by atoms with Crippen LogP contribution in [0, 0.1) is 0 Å². The first-order chi connectivity index (χ1) is 14.6. The van der Waals surface area contributed by atoms with Crippen molar-refractivity contribution in [3.05, 3.63) is 107 Å². The molecule has 6 nitrogen and oxygen atoms in total. The maximum Gasteiger partial charge on any atom is 0.290 e. The Labute approximate surface area is 174 Å². The number of carbonyl (C=O) groups is 2. The van der Waals surface area contributed by atoms with E-state index in [1.807, 2.05) is 30.3 Å². The lowest BCUT2D eigenvalue weighted by Gasteiger charge is -2.26. The zero-order chi connectivity index (χ0) is 20.9. The number of Topliss-reactive ketones (excluding diaryl/α,β-unsaturated/α-hetero) is 1. The van der Waals surface area contributed by atoms with Gasteiger partial charge in [-0.25, -0.2) is 0 Å². The highest BCUT2D eigenvalue weighted by Gasteiger charge is 2.43. The minimum Gasteiger partial charge on any atom is -0.503 e. The second-order valence-electron chi connectivity index (χ2n) is 7.12. The number of amides is 1. The molecular weight excluding hydrogens is 378 g/mol. The average Bonchev–Trinajstić information content (AvgIpc) is 3.04. The number of hydrogen-bond donors (Lipinski definition) is 1. The van der Waals surface area contributed by atoms with Gasteiger partial charge in [0.1, 0.15) is 6.04 Å². The molecule has 0 saturated carbocycles. The average molecular weight is 399 g/mol. The summed E-state index contributed by atoms with van der Waals surface area (Å²) in [6, 6.07) is 17.9. The molecule has 0 aliphatic carbocycles. The number of benzene rings is 1. The van der Waals surface area contributed by atoms with E-state index in [1.165, 1.54) is 4.90 Å². The Morgan fingerprint density at radius 1 is 0.933 bits per heavy atom. The molecule has 1 aliphatic heterocycles. The summed E-state index contributed by atoms with van der Waals surface area (Å²) in [4.78, 5) is 35.9. The third-order valence-corrected chi connectivity index (χ3v) is 5.16. The fraction of sp³-hybridized carbons (Fsp3) is 0.167. The van der Waals surface area contributed by atoms with Crippen molar-refractivity contribution in [2.75, 3.05) is 0 Å². The minimum atomic E-state index is -0.727. The number of pyridine rings is 2. The number of aromatic nitrogens is 2. The maximum atomic E-state index is 13.1. The van der Waals surface area contributed by atoms with Gasteiger partial charge in [0.05, 0.1) is 11.3 Å². The minimum absolute atomic E-state index is 0.115. The summed E-state index contributed by atoms with van der Waals surface area (Å²) in [5, 5.41) is 10.6. The third kappa shape index (κ3) is 3.98. The van der Waals surface area contributed by atoms with Crippen LogP contribution in [-0.2, 0) is 22.6 Å². The Bertz CT molecular complexity index is 1070. The predicted molar refractivity (Wildman–Crippen MR) is 111 cm³/mol. The van der Waals surface area contributed by atoms with Gasteiger partial charge < -0.3 is 10.0 Å². The number of nitrogens with zero attached hydrogens (tertiary/aromatic N) is 3. The molecule has 1 amide bonds. The van der Waals surface area contributed by atoms with Crippen LogP contribution in [0.4, 0.5) is 0 Å². The summed E-state index contributed by atoms with van der Waals surface area (Å²) in [6.45, 7) is 0.238. The molecule has 0 bridgehead atoms. The molecule has 30 heavy (non-hydrogen) atoms. The summed E-state index contributed by atoms with van der Waals surface area (Å²) in [7, 11) is 0. The van der Waals surface area contributed by atoms with Crippen LogP contribution in [0.15, 0.2) is 90.6 Å². The van der Waals surface area contributed by atoms with E-state index in [0.717, 1.165) is 11.1 Å². The number of carbonyl (C=O) groups excluding carboxylic acids is 2. The monoisotopic (exact) mass is 399 g/mol. The number of rotatable bonds is 7. The van der Waals surface area contributed by atoms with E-state index in [-0.39, 0.29) is 24.3 Å². The summed E-state index contributed by atoms with van der Waals surface area (Å²) < 4.78 is 0. The molecule has 3 heterocycles. The predicted octanol–water partition coefficient (Wildman–Crippen LogP) is 3.57. The van der Waals surface area contributed by atoms with Gasteiger partial charge in [0.25, 0.3) is 5.91 Å². The largest absolute Gasteiger partial charge is 0.503 e. The lowest BCUT2D eigenvalue weighted by atomic mass is 9.95. The molecule has 3 aromatic rings. The fourth-order valence-corrected chi connectivity index (χ4v) is 3.67. The number of hydrogen-bond acceptors (Lipinski definition) is 5. The SMILES string of the molecule is O=C(CCc1ccccc1)C1=C(O)C(=O)N(Cc2ccncc2)C1c1ccccn1. The van der Waals surface area contributed by atoms with Crippen molar-refractivity contribution in [3.8, 4) is 0 Å². The van der Waals surface area contributed by atoms with E-state index in [0.29, 0.717) is 12.1 Å². The molecular formula is C24H21N3O3. The van der Waals surface area contributed by atoms with E-state index >= 15 is 0 Å². The normalized spacial score (nSPS) is 16.2. The van der Waals surface area contributed by atoms with Crippen molar-refractivity contribution in [2.24, 2.45) is 0 Å². The zero-order valence-corrected chi connectivity index (χ0v) is 16.3. The molecule has 1 aromatic carbocycles. The van der Waals surface area contributed by atoms with Crippen LogP contribution >= 0.6 is 0 Å². The molecule has 1 N–H and O–H groups in total. The van der Waals surface area contributed by atoms with Crippen LogP contribution in [0.3, 0.4) is 0 Å². The molecule has 1 aliphatic rings. The molecule has 0 fully saturated rings. The molecule has 1 unspecified atom stereocenters. The van der Waals surface area contributed by atoms with E-state index < -0.39 is 17.7 Å². The molecule has 2 aromatic heterocycles. The molecule has 0 radical (unpaired) electrons. The van der Waals surface area contributed by atoms with Gasteiger partial charge in [-0.1, -0.05) is 36.4 Å². The molecule has 6 heteroatoms. The Hall–Kier alpha value is -3.80. The van der Waals surface area contributed by atoms with Crippen molar-refractivity contribution in [1.29, 1.82) is 0 Å². The van der Waals surface area contributed by atoms with E-state index in [9.17, 15) is 14.7 Å².